The van der Waals surface area contributed by atoms with Crippen molar-refractivity contribution in [3.63, 3.8) is 0 Å². The van der Waals surface area contributed by atoms with Crippen LogP contribution in [0.5, 0.6) is 0 Å². The molecule has 1 heterocycles. The number of amides is 1. The van der Waals surface area contributed by atoms with Gasteiger partial charge in [-0.25, -0.2) is 8.78 Å². The molecule has 2 atom stereocenters. The standard InChI is InChI=1S/C18H17F2N3O3.ClH/c19-15-5-4-11(9-16(15)20)14-6-7-21-10-17(14)22-18(24)12-2-1-3-13(8-12)23(25)26;/h1-5,8-9,14,17,21H,6-7,10H2,(H,22,24);1H. The van der Waals surface area contributed by atoms with Crippen molar-refractivity contribution in [3.8, 4) is 0 Å². The molecule has 1 aliphatic rings. The summed E-state index contributed by atoms with van der Waals surface area (Å²) >= 11 is 0. The average molecular weight is 398 g/mol. The highest BCUT2D eigenvalue weighted by Crippen LogP contribution is 2.27. The summed E-state index contributed by atoms with van der Waals surface area (Å²) in [7, 11) is 0. The molecule has 0 radical (unpaired) electrons. The lowest BCUT2D eigenvalue weighted by atomic mass is 9.85. The van der Waals surface area contributed by atoms with Gasteiger partial charge in [-0.3, -0.25) is 14.9 Å². The monoisotopic (exact) mass is 397 g/mol. The van der Waals surface area contributed by atoms with E-state index in [0.29, 0.717) is 25.1 Å². The van der Waals surface area contributed by atoms with Crippen molar-refractivity contribution >= 4 is 24.0 Å². The van der Waals surface area contributed by atoms with Gasteiger partial charge in [0.2, 0.25) is 0 Å². The number of halogens is 3. The number of carbonyl (C=O) groups is 1. The topological polar surface area (TPSA) is 84.3 Å². The summed E-state index contributed by atoms with van der Waals surface area (Å²) in [6.45, 7) is 1.15. The molecule has 6 nitrogen and oxygen atoms in total. The third kappa shape index (κ3) is 4.78. The highest BCUT2D eigenvalue weighted by atomic mass is 35.5. The van der Waals surface area contributed by atoms with Gasteiger partial charge in [-0.05, 0) is 36.7 Å². The smallest absolute Gasteiger partial charge is 0.270 e. The first-order valence-electron chi connectivity index (χ1n) is 8.16. The van der Waals surface area contributed by atoms with Crippen LogP contribution in [0, 0.1) is 21.7 Å². The Morgan fingerprint density at radius 2 is 1.96 bits per heavy atom. The number of rotatable bonds is 4. The van der Waals surface area contributed by atoms with Gasteiger partial charge in [0.1, 0.15) is 0 Å². The first-order chi connectivity index (χ1) is 12.5. The van der Waals surface area contributed by atoms with E-state index in [1.807, 2.05) is 0 Å². The average Bonchev–Trinajstić information content (AvgIpc) is 2.64. The zero-order valence-corrected chi connectivity index (χ0v) is 15.0. The zero-order valence-electron chi connectivity index (χ0n) is 14.2. The third-order valence-electron chi connectivity index (χ3n) is 4.49. The van der Waals surface area contributed by atoms with E-state index in [-0.39, 0.29) is 35.6 Å². The largest absolute Gasteiger partial charge is 0.347 e. The lowest BCUT2D eigenvalue weighted by Crippen LogP contribution is -2.50. The fraction of sp³-hybridized carbons (Fsp3) is 0.278. The molecule has 1 fully saturated rings. The molecule has 1 aliphatic heterocycles. The van der Waals surface area contributed by atoms with Gasteiger partial charge in [-0.15, -0.1) is 12.4 Å². The number of hydrogen-bond acceptors (Lipinski definition) is 4. The minimum Gasteiger partial charge on any atom is -0.347 e. The second kappa shape index (κ2) is 8.88. The number of non-ortho nitro benzene ring substituents is 1. The molecule has 144 valence electrons. The van der Waals surface area contributed by atoms with Gasteiger partial charge in [-0.1, -0.05) is 12.1 Å². The van der Waals surface area contributed by atoms with Crippen molar-refractivity contribution in [2.75, 3.05) is 13.1 Å². The second-order valence-corrected chi connectivity index (χ2v) is 6.16. The minimum atomic E-state index is -0.926. The maximum absolute atomic E-state index is 13.6. The van der Waals surface area contributed by atoms with Crippen LogP contribution in [0.4, 0.5) is 14.5 Å². The number of piperidine rings is 1. The summed E-state index contributed by atoms with van der Waals surface area (Å²) in [5.41, 5.74) is 0.611. The van der Waals surface area contributed by atoms with Gasteiger partial charge >= 0.3 is 0 Å². The van der Waals surface area contributed by atoms with Gasteiger partial charge in [-0.2, -0.15) is 0 Å². The molecule has 3 rings (SSSR count). The Morgan fingerprint density at radius 3 is 2.67 bits per heavy atom. The van der Waals surface area contributed by atoms with Crippen LogP contribution in [0.25, 0.3) is 0 Å². The van der Waals surface area contributed by atoms with E-state index >= 15 is 0 Å². The maximum Gasteiger partial charge on any atom is 0.270 e. The molecule has 1 saturated heterocycles. The molecule has 0 saturated carbocycles. The highest BCUT2D eigenvalue weighted by Gasteiger charge is 2.29. The molecule has 27 heavy (non-hydrogen) atoms. The van der Waals surface area contributed by atoms with Crippen molar-refractivity contribution in [2.24, 2.45) is 0 Å². The van der Waals surface area contributed by atoms with E-state index in [0.717, 1.165) is 12.1 Å². The van der Waals surface area contributed by atoms with Crippen molar-refractivity contribution in [3.05, 3.63) is 75.3 Å². The SMILES string of the molecule is Cl.O=C(NC1CNCCC1c1ccc(F)c(F)c1)c1cccc([N+](=O)[O-])c1. The fourth-order valence-corrected chi connectivity index (χ4v) is 3.16. The molecule has 2 aromatic rings. The van der Waals surface area contributed by atoms with E-state index in [1.165, 1.54) is 30.3 Å². The fourth-order valence-electron chi connectivity index (χ4n) is 3.16. The van der Waals surface area contributed by atoms with Crippen LogP contribution in [0.2, 0.25) is 0 Å². The number of hydrogen-bond donors (Lipinski definition) is 2. The number of benzene rings is 2. The van der Waals surface area contributed by atoms with Crippen LogP contribution >= 0.6 is 12.4 Å². The van der Waals surface area contributed by atoms with Crippen molar-refractivity contribution < 1.29 is 18.5 Å². The Kier molecular flexibility index (Phi) is 6.81. The number of nitrogens with zero attached hydrogens (tertiary/aromatic N) is 1. The van der Waals surface area contributed by atoms with Crippen molar-refractivity contribution in [2.45, 2.75) is 18.4 Å². The molecular formula is C18H18ClF2N3O3. The molecule has 2 unspecified atom stereocenters. The second-order valence-electron chi connectivity index (χ2n) is 6.16. The van der Waals surface area contributed by atoms with Crippen LogP contribution in [0.1, 0.15) is 28.3 Å². The normalized spacial score (nSPS) is 19.0. The molecule has 1 amide bonds. The van der Waals surface area contributed by atoms with E-state index < -0.39 is 22.5 Å². The zero-order chi connectivity index (χ0) is 18.7. The predicted octanol–water partition coefficient (Wildman–Crippen LogP) is 3.17. The third-order valence-corrected chi connectivity index (χ3v) is 4.49. The Balaban J connectivity index is 0.00000261. The van der Waals surface area contributed by atoms with Crippen LogP contribution in [0.3, 0.4) is 0 Å². The predicted molar refractivity (Wildman–Crippen MR) is 98.2 cm³/mol. The van der Waals surface area contributed by atoms with Gasteiger partial charge in [0, 0.05) is 36.2 Å². The molecule has 9 heteroatoms. The maximum atomic E-state index is 13.6. The summed E-state index contributed by atoms with van der Waals surface area (Å²) in [6, 6.07) is 8.84. The molecule has 0 aliphatic carbocycles. The summed E-state index contributed by atoms with van der Waals surface area (Å²) in [4.78, 5) is 22.8. The molecule has 2 aromatic carbocycles. The Hall–Kier alpha value is -2.58. The number of carbonyl (C=O) groups excluding carboxylic acids is 1. The summed E-state index contributed by atoms with van der Waals surface area (Å²) in [5.74, 6) is -2.48. The quantitative estimate of drug-likeness (QED) is 0.613. The van der Waals surface area contributed by atoms with E-state index in [1.54, 1.807) is 0 Å². The summed E-state index contributed by atoms with van der Waals surface area (Å²) in [5, 5.41) is 16.9. The van der Waals surface area contributed by atoms with Gasteiger partial charge in [0.25, 0.3) is 11.6 Å². The Bertz CT molecular complexity index is 850. The van der Waals surface area contributed by atoms with Gasteiger partial charge in [0.05, 0.1) is 4.92 Å². The minimum absolute atomic E-state index is 0. The first-order valence-corrected chi connectivity index (χ1v) is 8.16. The van der Waals surface area contributed by atoms with E-state index in [9.17, 15) is 23.7 Å². The van der Waals surface area contributed by atoms with Crippen LogP contribution in [-0.4, -0.2) is 30.0 Å². The van der Waals surface area contributed by atoms with Crippen LogP contribution in [0.15, 0.2) is 42.5 Å². The molecule has 2 N–H and O–H groups in total. The number of nitrogens with one attached hydrogen (secondary N) is 2. The first kappa shape index (κ1) is 20.7. The van der Waals surface area contributed by atoms with Crippen molar-refractivity contribution in [1.82, 2.24) is 10.6 Å². The Morgan fingerprint density at radius 1 is 1.19 bits per heavy atom. The molecular weight excluding hydrogens is 380 g/mol. The number of nitro groups is 1. The molecule has 0 aromatic heterocycles. The molecule has 0 spiro atoms. The van der Waals surface area contributed by atoms with Gasteiger partial charge in [0.15, 0.2) is 11.6 Å². The van der Waals surface area contributed by atoms with Gasteiger partial charge < -0.3 is 10.6 Å². The lowest BCUT2D eigenvalue weighted by Gasteiger charge is -2.33. The highest BCUT2D eigenvalue weighted by molar-refractivity contribution is 5.95. The van der Waals surface area contributed by atoms with Crippen molar-refractivity contribution in [1.29, 1.82) is 0 Å². The lowest BCUT2D eigenvalue weighted by molar-refractivity contribution is -0.384. The summed E-state index contributed by atoms with van der Waals surface area (Å²) < 4.78 is 26.8. The Labute approximate surface area is 160 Å². The van der Waals surface area contributed by atoms with E-state index in [4.69, 9.17) is 0 Å². The van der Waals surface area contributed by atoms with E-state index in [2.05, 4.69) is 10.6 Å². The summed E-state index contributed by atoms with van der Waals surface area (Å²) in [6.07, 6.45) is 0.644. The van der Waals surface area contributed by atoms with Crippen LogP contribution in [-0.2, 0) is 0 Å². The van der Waals surface area contributed by atoms with Crippen LogP contribution < -0.4 is 10.6 Å². The number of nitro benzene ring substituents is 1. The molecule has 0 bridgehead atoms.